The van der Waals surface area contributed by atoms with Crippen LogP contribution < -0.4 is 5.32 Å². The summed E-state index contributed by atoms with van der Waals surface area (Å²) in [4.78, 5) is 12.5. The van der Waals surface area contributed by atoms with E-state index in [-0.39, 0.29) is 12.0 Å². The molecule has 3 nitrogen and oxygen atoms in total. The van der Waals surface area contributed by atoms with Crippen LogP contribution in [-0.4, -0.2) is 25.2 Å². The van der Waals surface area contributed by atoms with E-state index in [1.54, 1.807) is 17.4 Å². The van der Waals surface area contributed by atoms with Crippen molar-refractivity contribution in [1.29, 1.82) is 0 Å². The van der Waals surface area contributed by atoms with Crippen molar-refractivity contribution in [3.63, 3.8) is 0 Å². The average Bonchev–Trinajstić information content (AvgIpc) is 2.96. The maximum Gasteiger partial charge on any atom is 0.244 e. The normalized spacial score (nSPS) is 20.4. The molecular weight excluding hydrogens is 222 g/mol. The molecule has 0 unspecified atom stereocenters. The van der Waals surface area contributed by atoms with Gasteiger partial charge in [-0.2, -0.15) is 0 Å². The van der Waals surface area contributed by atoms with Crippen molar-refractivity contribution in [2.24, 2.45) is 0 Å². The Morgan fingerprint density at radius 3 is 3.31 bits per heavy atom. The Bertz CT molecular complexity index is 353. The molecule has 16 heavy (non-hydrogen) atoms. The van der Waals surface area contributed by atoms with Gasteiger partial charge in [0, 0.05) is 24.1 Å². The lowest BCUT2D eigenvalue weighted by molar-refractivity contribution is -0.116. The van der Waals surface area contributed by atoms with Crippen LogP contribution in [0.5, 0.6) is 0 Å². The Morgan fingerprint density at radius 1 is 1.69 bits per heavy atom. The fraction of sp³-hybridized carbons (Fsp3) is 0.417. The Labute approximate surface area is 99.1 Å². The molecule has 2 heterocycles. The lowest BCUT2D eigenvalue weighted by Crippen LogP contribution is -2.30. The standard InChI is InChI=1S/C12H15NO2S/c14-12(6-5-11-4-2-8-16-11)13-9-10-3-1-7-15-10/h2,4-6,8,10H,1,3,7,9H2,(H,13,14)/b6-5+/t10-/m0/s1. The maximum absolute atomic E-state index is 11.4. The maximum atomic E-state index is 11.4. The largest absolute Gasteiger partial charge is 0.376 e. The van der Waals surface area contributed by atoms with Crippen molar-refractivity contribution in [2.75, 3.05) is 13.2 Å². The Kier molecular flexibility index (Phi) is 4.13. The van der Waals surface area contributed by atoms with Crippen LogP contribution >= 0.6 is 11.3 Å². The van der Waals surface area contributed by atoms with E-state index in [4.69, 9.17) is 4.74 Å². The van der Waals surface area contributed by atoms with E-state index in [9.17, 15) is 4.79 Å². The number of nitrogens with one attached hydrogen (secondary N) is 1. The van der Waals surface area contributed by atoms with Gasteiger partial charge in [-0.05, 0) is 30.4 Å². The predicted octanol–water partition coefficient (Wildman–Crippen LogP) is 2.06. The predicted molar refractivity (Wildman–Crippen MR) is 65.3 cm³/mol. The summed E-state index contributed by atoms with van der Waals surface area (Å²) in [5.74, 6) is -0.0519. The summed E-state index contributed by atoms with van der Waals surface area (Å²) in [6.45, 7) is 1.44. The van der Waals surface area contributed by atoms with Gasteiger partial charge in [0.05, 0.1) is 6.10 Å². The van der Waals surface area contributed by atoms with Gasteiger partial charge < -0.3 is 10.1 Å². The van der Waals surface area contributed by atoms with Gasteiger partial charge in [-0.3, -0.25) is 4.79 Å². The average molecular weight is 237 g/mol. The molecule has 2 rings (SSSR count). The Balaban J connectivity index is 1.71. The third-order valence-corrected chi connectivity index (χ3v) is 3.31. The van der Waals surface area contributed by atoms with E-state index in [1.807, 2.05) is 23.6 Å². The smallest absolute Gasteiger partial charge is 0.244 e. The minimum Gasteiger partial charge on any atom is -0.376 e. The molecule has 4 heteroatoms. The molecule has 1 atom stereocenters. The number of hydrogen-bond donors (Lipinski definition) is 1. The second-order valence-electron chi connectivity index (χ2n) is 3.73. The van der Waals surface area contributed by atoms with E-state index < -0.39 is 0 Å². The van der Waals surface area contributed by atoms with Crippen molar-refractivity contribution in [3.05, 3.63) is 28.5 Å². The monoisotopic (exact) mass is 237 g/mol. The number of ether oxygens (including phenoxy) is 1. The molecule has 1 aromatic rings. The van der Waals surface area contributed by atoms with Crippen LogP contribution in [0.15, 0.2) is 23.6 Å². The number of thiophene rings is 1. The molecule has 1 N–H and O–H groups in total. The zero-order chi connectivity index (χ0) is 11.2. The highest BCUT2D eigenvalue weighted by Crippen LogP contribution is 2.11. The topological polar surface area (TPSA) is 38.3 Å². The number of rotatable bonds is 4. The Hall–Kier alpha value is -1.13. The molecule has 1 amide bonds. The Morgan fingerprint density at radius 2 is 2.62 bits per heavy atom. The summed E-state index contributed by atoms with van der Waals surface area (Å²) in [5.41, 5.74) is 0. The molecule has 1 saturated heterocycles. The molecule has 1 aromatic heterocycles. The minimum absolute atomic E-state index is 0.0519. The molecule has 0 bridgehead atoms. The number of amides is 1. The van der Waals surface area contributed by atoms with Crippen molar-refractivity contribution >= 4 is 23.3 Å². The van der Waals surface area contributed by atoms with Crippen molar-refractivity contribution in [3.8, 4) is 0 Å². The molecule has 1 fully saturated rings. The fourth-order valence-electron chi connectivity index (χ4n) is 1.62. The molecule has 1 aliphatic rings. The van der Waals surface area contributed by atoms with Gasteiger partial charge in [-0.15, -0.1) is 11.3 Å². The molecule has 86 valence electrons. The lowest BCUT2D eigenvalue weighted by Gasteiger charge is -2.08. The van der Waals surface area contributed by atoms with E-state index >= 15 is 0 Å². The van der Waals surface area contributed by atoms with Crippen LogP contribution in [0.1, 0.15) is 17.7 Å². The summed E-state index contributed by atoms with van der Waals surface area (Å²) < 4.78 is 5.42. The molecule has 0 spiro atoms. The molecule has 0 aliphatic carbocycles. The van der Waals surface area contributed by atoms with Crippen LogP contribution in [0.25, 0.3) is 6.08 Å². The van der Waals surface area contributed by atoms with E-state index in [0.717, 1.165) is 24.3 Å². The number of hydrogen-bond acceptors (Lipinski definition) is 3. The number of carbonyl (C=O) groups is 1. The van der Waals surface area contributed by atoms with Gasteiger partial charge in [0.25, 0.3) is 0 Å². The van der Waals surface area contributed by atoms with Crippen molar-refractivity contribution < 1.29 is 9.53 Å². The first kappa shape index (κ1) is 11.4. The van der Waals surface area contributed by atoms with Gasteiger partial charge >= 0.3 is 0 Å². The van der Waals surface area contributed by atoms with Crippen molar-refractivity contribution in [2.45, 2.75) is 18.9 Å². The van der Waals surface area contributed by atoms with Gasteiger partial charge in [-0.25, -0.2) is 0 Å². The van der Waals surface area contributed by atoms with E-state index in [0.29, 0.717) is 6.54 Å². The molecular formula is C12H15NO2S. The highest BCUT2D eigenvalue weighted by Gasteiger charge is 2.15. The molecule has 0 saturated carbocycles. The van der Waals surface area contributed by atoms with Crippen LogP contribution in [0.2, 0.25) is 0 Å². The summed E-state index contributed by atoms with van der Waals surface area (Å²) in [5, 5.41) is 4.83. The first-order valence-electron chi connectivity index (χ1n) is 5.45. The first-order chi connectivity index (χ1) is 7.84. The highest BCUT2D eigenvalue weighted by atomic mass is 32.1. The zero-order valence-electron chi connectivity index (χ0n) is 9.02. The minimum atomic E-state index is -0.0519. The lowest BCUT2D eigenvalue weighted by atomic mass is 10.2. The molecule has 0 aromatic carbocycles. The van der Waals surface area contributed by atoms with Crippen LogP contribution in [0, 0.1) is 0 Å². The van der Waals surface area contributed by atoms with Gasteiger partial charge in [0.1, 0.15) is 0 Å². The van der Waals surface area contributed by atoms with Crippen LogP contribution in [0.4, 0.5) is 0 Å². The first-order valence-corrected chi connectivity index (χ1v) is 6.33. The van der Waals surface area contributed by atoms with E-state index in [1.165, 1.54) is 0 Å². The SMILES string of the molecule is O=C(/C=C/c1cccs1)NC[C@@H]1CCCO1. The third-order valence-electron chi connectivity index (χ3n) is 2.47. The van der Waals surface area contributed by atoms with E-state index in [2.05, 4.69) is 5.32 Å². The fourth-order valence-corrected chi connectivity index (χ4v) is 2.24. The summed E-state index contributed by atoms with van der Waals surface area (Å²) >= 11 is 1.62. The quantitative estimate of drug-likeness (QED) is 0.814. The van der Waals surface area contributed by atoms with Crippen molar-refractivity contribution in [1.82, 2.24) is 5.32 Å². The number of carbonyl (C=O) groups excluding carboxylic acids is 1. The summed E-state index contributed by atoms with van der Waals surface area (Å²) in [6.07, 6.45) is 5.76. The third kappa shape index (κ3) is 3.47. The van der Waals surface area contributed by atoms with Crippen LogP contribution in [-0.2, 0) is 9.53 Å². The highest BCUT2D eigenvalue weighted by molar-refractivity contribution is 7.10. The van der Waals surface area contributed by atoms with Gasteiger partial charge in [0.2, 0.25) is 5.91 Å². The molecule has 1 aliphatic heterocycles. The second kappa shape index (κ2) is 5.82. The van der Waals surface area contributed by atoms with Gasteiger partial charge in [0.15, 0.2) is 0 Å². The summed E-state index contributed by atoms with van der Waals surface area (Å²) in [7, 11) is 0. The summed E-state index contributed by atoms with van der Waals surface area (Å²) in [6, 6.07) is 3.95. The molecule has 0 radical (unpaired) electrons. The van der Waals surface area contributed by atoms with Gasteiger partial charge in [-0.1, -0.05) is 6.07 Å². The second-order valence-corrected chi connectivity index (χ2v) is 4.71. The van der Waals surface area contributed by atoms with Crippen LogP contribution in [0.3, 0.4) is 0 Å². The zero-order valence-corrected chi connectivity index (χ0v) is 9.83.